The minimum atomic E-state index is 0.0667. The van der Waals surface area contributed by atoms with Crippen molar-refractivity contribution < 1.29 is 19.0 Å². The van der Waals surface area contributed by atoms with Gasteiger partial charge in [-0.3, -0.25) is 4.79 Å². The topological polar surface area (TPSA) is 56.8 Å². The van der Waals surface area contributed by atoms with Gasteiger partial charge in [0, 0.05) is 38.0 Å². The van der Waals surface area contributed by atoms with E-state index in [-0.39, 0.29) is 12.4 Å². The molecule has 5 heteroatoms. The summed E-state index contributed by atoms with van der Waals surface area (Å²) in [6.07, 6.45) is 2.73. The maximum atomic E-state index is 10.7. The Hall–Kier alpha value is -1.59. The molecule has 0 aromatic heterocycles. The first-order chi connectivity index (χ1) is 11.6. The molecule has 0 aliphatic heterocycles. The number of hydrogen-bond donors (Lipinski definition) is 1. The van der Waals surface area contributed by atoms with Gasteiger partial charge >= 0.3 is 0 Å². The number of benzene rings is 1. The fourth-order valence-corrected chi connectivity index (χ4v) is 2.06. The summed E-state index contributed by atoms with van der Waals surface area (Å²) in [6.45, 7) is 8.66. The van der Waals surface area contributed by atoms with Crippen LogP contribution in [-0.2, 0) is 14.3 Å². The normalized spacial score (nSPS) is 10.8. The third kappa shape index (κ3) is 11.0. The van der Waals surface area contributed by atoms with Gasteiger partial charge in [-0.15, -0.1) is 0 Å². The monoisotopic (exact) mass is 337 g/mol. The molecule has 1 N–H and O–H groups in total. The molecule has 0 saturated heterocycles. The molecule has 24 heavy (non-hydrogen) atoms. The van der Waals surface area contributed by atoms with Gasteiger partial charge in [-0.25, -0.2) is 0 Å². The van der Waals surface area contributed by atoms with Crippen molar-refractivity contribution in [2.75, 3.05) is 38.4 Å². The molecule has 0 radical (unpaired) electrons. The second kappa shape index (κ2) is 12.8. The molecule has 0 atom stereocenters. The average Bonchev–Trinajstić information content (AvgIpc) is 2.53. The van der Waals surface area contributed by atoms with E-state index < -0.39 is 0 Å². The number of ether oxygens (including phenoxy) is 3. The molecule has 0 aliphatic carbocycles. The third-order valence-electron chi connectivity index (χ3n) is 3.14. The maximum Gasteiger partial charge on any atom is 0.155 e. The van der Waals surface area contributed by atoms with Crippen LogP contribution in [0.15, 0.2) is 24.3 Å². The number of unbranched alkanes of at least 4 members (excludes halogenated alkanes) is 1. The Bertz CT molecular complexity index is 445. The van der Waals surface area contributed by atoms with Crippen LogP contribution in [0.25, 0.3) is 0 Å². The van der Waals surface area contributed by atoms with Crippen molar-refractivity contribution in [1.82, 2.24) is 0 Å². The summed E-state index contributed by atoms with van der Waals surface area (Å²) >= 11 is 0. The van der Waals surface area contributed by atoms with E-state index in [4.69, 9.17) is 14.2 Å². The number of ketones is 1. The van der Waals surface area contributed by atoms with Gasteiger partial charge < -0.3 is 19.5 Å². The molecule has 0 spiro atoms. The van der Waals surface area contributed by atoms with Crippen molar-refractivity contribution in [3.63, 3.8) is 0 Å². The molecule has 5 nitrogen and oxygen atoms in total. The summed E-state index contributed by atoms with van der Waals surface area (Å²) in [6, 6.07) is 8.44. The number of Topliss-reactive ketones (excluding diaryl/α,β-unsaturated/α-hetero) is 1. The Morgan fingerprint density at radius 3 is 2.21 bits per heavy atom. The molecule has 136 valence electrons. The third-order valence-corrected chi connectivity index (χ3v) is 3.14. The van der Waals surface area contributed by atoms with Gasteiger partial charge in [0.25, 0.3) is 0 Å². The van der Waals surface area contributed by atoms with Crippen LogP contribution < -0.4 is 10.1 Å². The number of nitrogens with one attached hydrogen (secondary N) is 1. The van der Waals surface area contributed by atoms with E-state index in [1.54, 1.807) is 0 Å². The van der Waals surface area contributed by atoms with Gasteiger partial charge in [-0.05, 0) is 57.9 Å². The molecule has 1 rings (SSSR count). The Morgan fingerprint density at radius 1 is 0.958 bits per heavy atom. The highest BCUT2D eigenvalue weighted by atomic mass is 16.5. The first-order valence-corrected chi connectivity index (χ1v) is 8.72. The van der Waals surface area contributed by atoms with Crippen molar-refractivity contribution in [2.24, 2.45) is 0 Å². The van der Waals surface area contributed by atoms with Crippen LogP contribution in [0.5, 0.6) is 5.75 Å². The maximum absolute atomic E-state index is 10.7. The minimum absolute atomic E-state index is 0.0667. The fraction of sp³-hybridized carbons (Fsp3) is 0.632. The predicted molar refractivity (Wildman–Crippen MR) is 96.9 cm³/mol. The predicted octanol–water partition coefficient (Wildman–Crippen LogP) is 3.68. The van der Waals surface area contributed by atoms with Crippen LogP contribution in [0.4, 0.5) is 5.69 Å². The zero-order valence-electron chi connectivity index (χ0n) is 15.2. The quantitative estimate of drug-likeness (QED) is 0.525. The molecule has 0 amide bonds. The number of hydrogen-bond acceptors (Lipinski definition) is 5. The molecule has 0 saturated carbocycles. The van der Waals surface area contributed by atoms with Gasteiger partial charge in [0.05, 0.1) is 6.61 Å². The van der Waals surface area contributed by atoms with Crippen LogP contribution >= 0.6 is 0 Å². The summed E-state index contributed by atoms with van der Waals surface area (Å²) in [5, 5.41) is 3.34. The number of carbonyl (C=O) groups excluding carboxylic acids is 1. The van der Waals surface area contributed by atoms with Crippen LogP contribution in [0.2, 0.25) is 0 Å². The zero-order valence-corrected chi connectivity index (χ0v) is 15.2. The molecule has 0 fully saturated rings. The zero-order chi connectivity index (χ0) is 17.6. The average molecular weight is 337 g/mol. The Morgan fingerprint density at radius 2 is 1.58 bits per heavy atom. The smallest absolute Gasteiger partial charge is 0.155 e. The lowest BCUT2D eigenvalue weighted by Gasteiger charge is -2.11. The largest absolute Gasteiger partial charge is 0.494 e. The number of anilines is 1. The Balaban J connectivity index is 1.94. The lowest BCUT2D eigenvalue weighted by atomic mass is 10.2. The van der Waals surface area contributed by atoms with E-state index in [2.05, 4.69) is 19.2 Å². The fourth-order valence-electron chi connectivity index (χ4n) is 2.06. The summed E-state index contributed by atoms with van der Waals surface area (Å²) < 4.78 is 16.4. The van der Waals surface area contributed by atoms with Crippen LogP contribution in [-0.4, -0.2) is 44.9 Å². The van der Waals surface area contributed by atoms with Crippen molar-refractivity contribution >= 4 is 11.5 Å². The SMILES string of the molecule is CC(=O)COCCCCOCCCOc1ccc(NC(C)C)cc1. The Labute approximate surface area is 145 Å². The van der Waals surface area contributed by atoms with Crippen molar-refractivity contribution in [2.45, 2.75) is 46.1 Å². The highest BCUT2D eigenvalue weighted by Crippen LogP contribution is 2.16. The van der Waals surface area contributed by atoms with Gasteiger partial charge in [0.1, 0.15) is 12.4 Å². The highest BCUT2D eigenvalue weighted by Gasteiger charge is 1.98. The number of carbonyl (C=O) groups is 1. The van der Waals surface area contributed by atoms with E-state index in [1.807, 2.05) is 24.3 Å². The molecule has 1 aromatic rings. The lowest BCUT2D eigenvalue weighted by molar-refractivity contribution is -0.121. The molecule has 0 heterocycles. The van der Waals surface area contributed by atoms with Crippen LogP contribution in [0.1, 0.15) is 40.0 Å². The lowest BCUT2D eigenvalue weighted by Crippen LogP contribution is -2.09. The van der Waals surface area contributed by atoms with Crippen molar-refractivity contribution in [3.8, 4) is 5.75 Å². The first kappa shape index (κ1) is 20.5. The first-order valence-electron chi connectivity index (χ1n) is 8.72. The molecule has 0 aliphatic rings. The van der Waals surface area contributed by atoms with E-state index in [0.717, 1.165) is 37.3 Å². The molecule has 0 unspecified atom stereocenters. The van der Waals surface area contributed by atoms with Gasteiger partial charge in [0.2, 0.25) is 0 Å². The van der Waals surface area contributed by atoms with E-state index in [1.165, 1.54) is 6.92 Å². The van der Waals surface area contributed by atoms with E-state index >= 15 is 0 Å². The molecular formula is C19H31NO4. The van der Waals surface area contributed by atoms with Crippen molar-refractivity contribution in [3.05, 3.63) is 24.3 Å². The molecule has 0 bridgehead atoms. The van der Waals surface area contributed by atoms with Crippen molar-refractivity contribution in [1.29, 1.82) is 0 Å². The second-order valence-corrected chi connectivity index (χ2v) is 6.10. The Kier molecular flexibility index (Phi) is 10.9. The highest BCUT2D eigenvalue weighted by molar-refractivity contribution is 5.76. The van der Waals surface area contributed by atoms with Crippen LogP contribution in [0, 0.1) is 0 Å². The van der Waals surface area contributed by atoms with E-state index in [0.29, 0.717) is 25.9 Å². The summed E-state index contributed by atoms with van der Waals surface area (Å²) in [5.41, 5.74) is 1.10. The molecular weight excluding hydrogens is 306 g/mol. The van der Waals surface area contributed by atoms with Gasteiger partial charge in [-0.2, -0.15) is 0 Å². The van der Waals surface area contributed by atoms with Crippen LogP contribution in [0.3, 0.4) is 0 Å². The summed E-state index contributed by atoms with van der Waals surface area (Å²) in [7, 11) is 0. The number of rotatable bonds is 14. The standard InChI is InChI=1S/C19H31NO4/c1-16(2)20-18-7-9-19(10-8-18)24-14-6-13-22-11-4-5-12-23-15-17(3)21/h7-10,16,20H,4-6,11-15H2,1-3H3. The summed E-state index contributed by atoms with van der Waals surface area (Å²) in [4.78, 5) is 10.7. The minimum Gasteiger partial charge on any atom is -0.494 e. The van der Waals surface area contributed by atoms with Gasteiger partial charge in [-0.1, -0.05) is 0 Å². The molecule has 1 aromatic carbocycles. The summed E-state index contributed by atoms with van der Waals surface area (Å²) in [5.74, 6) is 0.948. The second-order valence-electron chi connectivity index (χ2n) is 6.10. The van der Waals surface area contributed by atoms with Gasteiger partial charge in [0.15, 0.2) is 5.78 Å². The van der Waals surface area contributed by atoms with E-state index in [9.17, 15) is 4.79 Å².